The van der Waals surface area contributed by atoms with Crippen LogP contribution in [0.25, 0.3) is 0 Å². The van der Waals surface area contributed by atoms with E-state index in [-0.39, 0.29) is 38.0 Å². The van der Waals surface area contributed by atoms with Crippen molar-refractivity contribution in [2.45, 2.75) is 219 Å². The predicted octanol–water partition coefficient (Wildman–Crippen LogP) is 21.2. The summed E-state index contributed by atoms with van der Waals surface area (Å²) in [6.07, 6.45) is 99.7. The van der Waals surface area contributed by atoms with Crippen molar-refractivity contribution in [1.82, 2.24) is 0 Å². The van der Waals surface area contributed by atoms with Crippen LogP contribution in [0, 0.1) is 0 Å². The smallest absolute Gasteiger partial charge is 0.306 e. The van der Waals surface area contributed by atoms with E-state index in [0.717, 1.165) is 161 Å². The summed E-state index contributed by atoms with van der Waals surface area (Å²) in [7, 11) is 0. The van der Waals surface area contributed by atoms with Crippen molar-refractivity contribution in [3.05, 3.63) is 207 Å². The maximum Gasteiger partial charge on any atom is 0.306 e. The van der Waals surface area contributed by atoms with Crippen LogP contribution in [-0.4, -0.2) is 37.2 Å². The highest BCUT2D eigenvalue weighted by atomic mass is 16.6. The van der Waals surface area contributed by atoms with E-state index in [1.165, 1.54) is 0 Å². The molecule has 0 spiro atoms. The molecule has 79 heavy (non-hydrogen) atoms. The maximum absolute atomic E-state index is 12.9. The molecule has 436 valence electrons. The number of unbranched alkanes of at least 4 members (excludes halogenated alkanes) is 7. The fraction of sp³-hybridized carbons (Fsp3) is 0.493. The SMILES string of the molecule is CC/C=C\C/C=C\C/C=C\C/C=C\C/C=C\C/C=C\C/C=C\C/C=C\CCCCC(=O)OCC(COC(=O)CCCCCC/C=C\C/C=C\C/C=C\C/C=C\CC)OC(=O)CCC/C=C\C/C=C\C/C=C\C/C=C\C/C=C\CC. The maximum atomic E-state index is 12.9. The quantitative estimate of drug-likeness (QED) is 0.0261. The zero-order chi connectivity index (χ0) is 57.1. The molecule has 0 radical (unpaired) electrons. The van der Waals surface area contributed by atoms with Crippen LogP contribution in [0.4, 0.5) is 0 Å². The van der Waals surface area contributed by atoms with Crippen LogP contribution in [0.2, 0.25) is 0 Å². The van der Waals surface area contributed by atoms with Crippen LogP contribution in [0.15, 0.2) is 207 Å². The van der Waals surface area contributed by atoms with Gasteiger partial charge in [0.25, 0.3) is 0 Å². The van der Waals surface area contributed by atoms with E-state index in [0.29, 0.717) is 19.3 Å². The summed E-state index contributed by atoms with van der Waals surface area (Å²) in [6.45, 7) is 6.17. The third-order valence-electron chi connectivity index (χ3n) is 11.8. The standard InChI is InChI=1S/C73H108O6/c1-4-7-10-13-16-19-22-25-28-31-32-33-34-35-36-37-38-39-40-43-45-48-51-54-57-60-63-66-72(75)78-69-70(79-73(76)67-64-61-58-55-52-49-46-42-30-27-24-21-18-15-12-9-6-3)68-77-71(74)65-62-59-56-53-50-47-44-41-29-26-23-20-17-14-11-8-5-2/h7-12,16-21,25-30,32-33,35-36,38-39,43-47,49,51,54-55,58,70H,4-6,13-15,22-24,31,34,37,40-42,48,50,52-53,56-57,59-69H2,1-3H3/b10-7-,11-8-,12-9-,19-16-,20-17-,21-18-,28-25-,29-26-,30-27-,33-32-,36-35-,39-38-,45-43-,47-44-,49-46-,54-51-,58-55-. The molecule has 0 saturated carbocycles. The van der Waals surface area contributed by atoms with Gasteiger partial charge in [-0.1, -0.05) is 240 Å². The first-order valence-electron chi connectivity index (χ1n) is 30.6. The van der Waals surface area contributed by atoms with Gasteiger partial charge in [-0.15, -0.1) is 0 Å². The second-order valence-electron chi connectivity index (χ2n) is 19.1. The molecule has 1 atom stereocenters. The van der Waals surface area contributed by atoms with Crippen LogP contribution in [0.3, 0.4) is 0 Å². The Bertz CT molecular complexity index is 1960. The molecule has 0 heterocycles. The Morgan fingerprint density at radius 2 is 0.468 bits per heavy atom. The number of esters is 3. The van der Waals surface area contributed by atoms with Crippen molar-refractivity contribution in [2.24, 2.45) is 0 Å². The van der Waals surface area contributed by atoms with Gasteiger partial charge in [-0.3, -0.25) is 14.4 Å². The molecule has 0 N–H and O–H groups in total. The van der Waals surface area contributed by atoms with Crippen molar-refractivity contribution in [3.8, 4) is 0 Å². The lowest BCUT2D eigenvalue weighted by Gasteiger charge is -2.18. The van der Waals surface area contributed by atoms with E-state index in [9.17, 15) is 14.4 Å². The molecule has 6 heteroatoms. The molecule has 0 aliphatic carbocycles. The molecule has 0 rings (SSSR count). The largest absolute Gasteiger partial charge is 0.462 e. The summed E-state index contributed by atoms with van der Waals surface area (Å²) in [5.74, 6) is -1.08. The number of carbonyl (C=O) groups excluding carboxylic acids is 3. The normalized spacial score (nSPS) is 13.6. The van der Waals surface area contributed by atoms with Gasteiger partial charge >= 0.3 is 17.9 Å². The summed E-state index contributed by atoms with van der Waals surface area (Å²) in [6, 6.07) is 0. The van der Waals surface area contributed by atoms with Gasteiger partial charge in [0.05, 0.1) is 0 Å². The fourth-order valence-corrected chi connectivity index (χ4v) is 7.31. The third-order valence-corrected chi connectivity index (χ3v) is 11.8. The number of allylic oxidation sites excluding steroid dienone is 34. The molecule has 0 aromatic heterocycles. The molecular formula is C73H108O6. The minimum Gasteiger partial charge on any atom is -0.462 e. The first-order chi connectivity index (χ1) is 39.0. The van der Waals surface area contributed by atoms with Crippen LogP contribution in [0.5, 0.6) is 0 Å². The Labute approximate surface area is 483 Å². The van der Waals surface area contributed by atoms with Gasteiger partial charge in [0.15, 0.2) is 6.10 Å². The number of hydrogen-bond donors (Lipinski definition) is 0. The first kappa shape index (κ1) is 73.0. The number of hydrogen-bond acceptors (Lipinski definition) is 6. The second-order valence-corrected chi connectivity index (χ2v) is 19.1. The Hall–Kier alpha value is -6.01. The molecule has 0 saturated heterocycles. The summed E-state index contributed by atoms with van der Waals surface area (Å²) in [5.41, 5.74) is 0. The summed E-state index contributed by atoms with van der Waals surface area (Å²) in [4.78, 5) is 38.2. The van der Waals surface area contributed by atoms with Gasteiger partial charge in [-0.05, 0) is 161 Å². The van der Waals surface area contributed by atoms with E-state index in [2.05, 4.69) is 227 Å². The zero-order valence-corrected chi connectivity index (χ0v) is 49.8. The average molecular weight is 1080 g/mol. The number of rotatable bonds is 52. The molecule has 6 nitrogen and oxygen atoms in total. The minimum atomic E-state index is -0.851. The Balaban J connectivity index is 4.61. The lowest BCUT2D eigenvalue weighted by molar-refractivity contribution is -0.167. The molecule has 0 aliphatic heterocycles. The van der Waals surface area contributed by atoms with Gasteiger partial charge < -0.3 is 14.2 Å². The van der Waals surface area contributed by atoms with Crippen molar-refractivity contribution >= 4 is 17.9 Å². The van der Waals surface area contributed by atoms with E-state index < -0.39 is 12.1 Å². The Kier molecular flexibility index (Phi) is 59.6. The number of ether oxygens (including phenoxy) is 3. The molecule has 0 aliphatic rings. The second kappa shape index (κ2) is 64.5. The minimum absolute atomic E-state index is 0.140. The summed E-state index contributed by atoms with van der Waals surface area (Å²) < 4.78 is 16.8. The molecule has 1 unspecified atom stereocenters. The van der Waals surface area contributed by atoms with Crippen LogP contribution in [-0.2, 0) is 28.6 Å². The van der Waals surface area contributed by atoms with Crippen LogP contribution in [0.1, 0.15) is 213 Å². The van der Waals surface area contributed by atoms with E-state index >= 15 is 0 Å². The molecule has 0 aromatic rings. The third kappa shape index (κ3) is 62.7. The van der Waals surface area contributed by atoms with Gasteiger partial charge in [-0.25, -0.2) is 0 Å². The number of carbonyl (C=O) groups is 3. The Morgan fingerprint density at radius 3 is 0.759 bits per heavy atom. The molecular weight excluding hydrogens is 973 g/mol. The summed E-state index contributed by atoms with van der Waals surface area (Å²) in [5, 5.41) is 0. The van der Waals surface area contributed by atoms with Gasteiger partial charge in [-0.2, -0.15) is 0 Å². The Morgan fingerprint density at radius 1 is 0.253 bits per heavy atom. The molecule has 0 amide bonds. The highest BCUT2D eigenvalue weighted by Gasteiger charge is 2.19. The highest BCUT2D eigenvalue weighted by molar-refractivity contribution is 5.71. The zero-order valence-electron chi connectivity index (χ0n) is 49.8. The van der Waals surface area contributed by atoms with Crippen molar-refractivity contribution in [1.29, 1.82) is 0 Å². The van der Waals surface area contributed by atoms with Crippen LogP contribution < -0.4 is 0 Å². The van der Waals surface area contributed by atoms with Gasteiger partial charge in [0.2, 0.25) is 0 Å². The first-order valence-corrected chi connectivity index (χ1v) is 30.6. The van der Waals surface area contributed by atoms with Gasteiger partial charge in [0.1, 0.15) is 13.2 Å². The van der Waals surface area contributed by atoms with Crippen molar-refractivity contribution < 1.29 is 28.6 Å². The molecule has 0 fully saturated rings. The van der Waals surface area contributed by atoms with Gasteiger partial charge in [0, 0.05) is 19.3 Å². The molecule has 0 aromatic carbocycles. The topological polar surface area (TPSA) is 78.9 Å². The van der Waals surface area contributed by atoms with Crippen molar-refractivity contribution in [2.75, 3.05) is 13.2 Å². The predicted molar refractivity (Wildman–Crippen MR) is 343 cm³/mol. The monoisotopic (exact) mass is 1080 g/mol. The lowest BCUT2D eigenvalue weighted by atomic mass is 10.1. The lowest BCUT2D eigenvalue weighted by Crippen LogP contribution is -2.30. The van der Waals surface area contributed by atoms with Crippen molar-refractivity contribution in [3.63, 3.8) is 0 Å². The summed E-state index contributed by atoms with van der Waals surface area (Å²) >= 11 is 0. The average Bonchev–Trinajstić information content (AvgIpc) is 3.45. The fourth-order valence-electron chi connectivity index (χ4n) is 7.31. The van der Waals surface area contributed by atoms with E-state index in [1.807, 2.05) is 0 Å². The van der Waals surface area contributed by atoms with Crippen LogP contribution >= 0.6 is 0 Å². The van der Waals surface area contributed by atoms with E-state index in [4.69, 9.17) is 14.2 Å². The molecule has 0 bridgehead atoms. The van der Waals surface area contributed by atoms with E-state index in [1.54, 1.807) is 0 Å². The highest BCUT2D eigenvalue weighted by Crippen LogP contribution is 2.11.